The quantitative estimate of drug-likeness (QED) is 0.460. The lowest BCUT2D eigenvalue weighted by atomic mass is 9.95. The second kappa shape index (κ2) is 10.6. The van der Waals surface area contributed by atoms with E-state index in [1.54, 1.807) is 33.3 Å². The third-order valence-corrected chi connectivity index (χ3v) is 4.97. The van der Waals surface area contributed by atoms with Gasteiger partial charge in [0, 0.05) is 11.4 Å². The van der Waals surface area contributed by atoms with Gasteiger partial charge in [0.05, 0.1) is 31.1 Å². The number of aromatic amines is 1. The Hall–Kier alpha value is -3.09. The Morgan fingerprint density at radius 2 is 1.70 bits per heavy atom. The lowest BCUT2D eigenvalue weighted by Gasteiger charge is -2.19. The summed E-state index contributed by atoms with van der Waals surface area (Å²) < 4.78 is 11.1. The average Bonchev–Trinajstić information content (AvgIpc) is 2.75. The molecule has 0 saturated carbocycles. The predicted molar refractivity (Wildman–Crippen MR) is 121 cm³/mol. The number of unbranched alkanes of at least 4 members (excludes halogenated alkanes) is 1. The van der Waals surface area contributed by atoms with Crippen molar-refractivity contribution in [2.45, 2.75) is 53.4 Å². The fourth-order valence-corrected chi connectivity index (χ4v) is 3.16. The SMILES string of the molecule is CCCCc1[nH]c(=O)c(/C(C)=N/N=C(\C)CC)c(O)c1-c1c(OC)cccc1OC. The van der Waals surface area contributed by atoms with Crippen LogP contribution in [0, 0.1) is 0 Å². The lowest BCUT2D eigenvalue weighted by molar-refractivity contribution is 0.396. The van der Waals surface area contributed by atoms with E-state index in [0.29, 0.717) is 40.5 Å². The fraction of sp³-hybridized carbons (Fsp3) is 0.435. The maximum atomic E-state index is 12.9. The van der Waals surface area contributed by atoms with Crippen LogP contribution in [-0.2, 0) is 6.42 Å². The number of aromatic hydroxyl groups is 1. The van der Waals surface area contributed by atoms with Gasteiger partial charge >= 0.3 is 0 Å². The van der Waals surface area contributed by atoms with E-state index in [4.69, 9.17) is 9.47 Å². The number of hydrogen-bond acceptors (Lipinski definition) is 6. The number of benzene rings is 1. The number of aryl methyl sites for hydroxylation is 1. The average molecular weight is 414 g/mol. The highest BCUT2D eigenvalue weighted by Crippen LogP contribution is 2.44. The third-order valence-electron chi connectivity index (χ3n) is 4.97. The molecule has 7 nitrogen and oxygen atoms in total. The summed E-state index contributed by atoms with van der Waals surface area (Å²) >= 11 is 0. The maximum absolute atomic E-state index is 12.9. The van der Waals surface area contributed by atoms with Gasteiger partial charge in [-0.05, 0) is 45.2 Å². The van der Waals surface area contributed by atoms with Gasteiger partial charge in [-0.15, -0.1) is 0 Å². The molecule has 0 aliphatic carbocycles. The van der Waals surface area contributed by atoms with Crippen molar-refractivity contribution in [1.82, 2.24) is 4.98 Å². The molecule has 0 saturated heterocycles. The van der Waals surface area contributed by atoms with Crippen LogP contribution in [0.1, 0.15) is 58.2 Å². The summed E-state index contributed by atoms with van der Waals surface area (Å²) in [5.41, 5.74) is 2.55. The second-order valence-electron chi connectivity index (χ2n) is 7.05. The molecule has 30 heavy (non-hydrogen) atoms. The molecule has 0 bridgehead atoms. The van der Waals surface area contributed by atoms with Gasteiger partial charge in [0.15, 0.2) is 0 Å². The Labute approximate surface area is 177 Å². The van der Waals surface area contributed by atoms with E-state index >= 15 is 0 Å². The highest BCUT2D eigenvalue weighted by atomic mass is 16.5. The summed E-state index contributed by atoms with van der Waals surface area (Å²) in [6.45, 7) is 7.56. The highest BCUT2D eigenvalue weighted by molar-refractivity contribution is 6.03. The Balaban J connectivity index is 2.87. The van der Waals surface area contributed by atoms with E-state index in [1.165, 1.54) is 0 Å². The van der Waals surface area contributed by atoms with Crippen molar-refractivity contribution in [3.8, 4) is 28.4 Å². The molecule has 0 spiro atoms. The highest BCUT2D eigenvalue weighted by Gasteiger charge is 2.25. The van der Waals surface area contributed by atoms with Crippen LogP contribution in [0.25, 0.3) is 11.1 Å². The number of ether oxygens (including phenoxy) is 2. The summed E-state index contributed by atoms with van der Waals surface area (Å²) in [5, 5.41) is 19.6. The van der Waals surface area contributed by atoms with Gasteiger partial charge in [0.2, 0.25) is 0 Å². The van der Waals surface area contributed by atoms with Crippen LogP contribution in [0.2, 0.25) is 0 Å². The molecule has 0 aliphatic rings. The predicted octanol–water partition coefficient (Wildman–Crippen LogP) is 4.70. The van der Waals surface area contributed by atoms with E-state index in [1.807, 2.05) is 19.9 Å². The zero-order valence-electron chi connectivity index (χ0n) is 18.6. The Bertz CT molecular complexity index is 984. The Kier molecular flexibility index (Phi) is 8.21. The number of methoxy groups -OCH3 is 2. The van der Waals surface area contributed by atoms with Crippen LogP contribution in [0.5, 0.6) is 17.2 Å². The first kappa shape index (κ1) is 23.2. The molecule has 0 radical (unpaired) electrons. The molecule has 0 unspecified atom stereocenters. The number of nitrogens with zero attached hydrogens (tertiary/aromatic N) is 2. The molecule has 1 aromatic carbocycles. The van der Waals surface area contributed by atoms with E-state index in [0.717, 1.165) is 25.0 Å². The fourth-order valence-electron chi connectivity index (χ4n) is 3.16. The van der Waals surface area contributed by atoms with Crippen molar-refractivity contribution >= 4 is 11.4 Å². The van der Waals surface area contributed by atoms with Gasteiger partial charge in [0.1, 0.15) is 22.8 Å². The molecule has 0 atom stereocenters. The second-order valence-corrected chi connectivity index (χ2v) is 7.05. The van der Waals surface area contributed by atoms with E-state index < -0.39 is 5.56 Å². The lowest BCUT2D eigenvalue weighted by Crippen LogP contribution is -2.20. The molecule has 0 amide bonds. The molecule has 1 heterocycles. The molecule has 7 heteroatoms. The maximum Gasteiger partial charge on any atom is 0.261 e. The summed E-state index contributed by atoms with van der Waals surface area (Å²) in [6.07, 6.45) is 3.14. The number of hydrogen-bond donors (Lipinski definition) is 2. The molecule has 2 aromatic rings. The standard InChI is InChI=1S/C23H31N3O4/c1-7-9-11-16-20(21-17(29-5)12-10-13-18(21)30-6)22(27)19(23(28)24-16)15(4)26-25-14(3)8-2/h10,12-13H,7-9,11H2,1-6H3,(H2,24,27,28)/b25-14+,26-15+. The first-order chi connectivity index (χ1) is 14.4. The van der Waals surface area contributed by atoms with Crippen molar-refractivity contribution in [2.24, 2.45) is 10.2 Å². The number of aromatic nitrogens is 1. The molecule has 162 valence electrons. The van der Waals surface area contributed by atoms with Crippen molar-refractivity contribution in [3.63, 3.8) is 0 Å². The zero-order valence-corrected chi connectivity index (χ0v) is 18.6. The van der Waals surface area contributed by atoms with Crippen LogP contribution in [-0.4, -0.2) is 35.7 Å². The number of pyridine rings is 1. The number of H-pyrrole nitrogens is 1. The van der Waals surface area contributed by atoms with Gasteiger partial charge in [-0.1, -0.05) is 26.3 Å². The van der Waals surface area contributed by atoms with Crippen LogP contribution in [0.15, 0.2) is 33.2 Å². The van der Waals surface area contributed by atoms with E-state index in [9.17, 15) is 9.90 Å². The molecular weight excluding hydrogens is 382 g/mol. The zero-order chi connectivity index (χ0) is 22.3. The monoisotopic (exact) mass is 413 g/mol. The number of nitrogens with one attached hydrogen (secondary N) is 1. The molecular formula is C23H31N3O4. The van der Waals surface area contributed by atoms with Gasteiger partial charge in [-0.2, -0.15) is 10.2 Å². The van der Waals surface area contributed by atoms with Crippen LogP contribution >= 0.6 is 0 Å². The molecule has 2 rings (SSSR count). The Morgan fingerprint density at radius 3 is 2.23 bits per heavy atom. The minimum Gasteiger partial charge on any atom is -0.506 e. The van der Waals surface area contributed by atoms with E-state index in [2.05, 4.69) is 22.1 Å². The largest absolute Gasteiger partial charge is 0.506 e. The van der Waals surface area contributed by atoms with Crippen molar-refractivity contribution in [3.05, 3.63) is 39.8 Å². The van der Waals surface area contributed by atoms with Crippen molar-refractivity contribution in [2.75, 3.05) is 14.2 Å². The van der Waals surface area contributed by atoms with Crippen LogP contribution in [0.3, 0.4) is 0 Å². The van der Waals surface area contributed by atoms with Gasteiger partial charge < -0.3 is 19.6 Å². The number of rotatable bonds is 9. The van der Waals surface area contributed by atoms with Crippen LogP contribution < -0.4 is 15.0 Å². The summed E-state index contributed by atoms with van der Waals surface area (Å²) in [6, 6.07) is 5.40. The minimum absolute atomic E-state index is 0.0888. The summed E-state index contributed by atoms with van der Waals surface area (Å²) in [5.74, 6) is 0.919. The molecule has 1 aromatic heterocycles. The Morgan fingerprint density at radius 1 is 1.07 bits per heavy atom. The first-order valence-electron chi connectivity index (χ1n) is 10.2. The smallest absolute Gasteiger partial charge is 0.261 e. The topological polar surface area (TPSA) is 96.3 Å². The summed E-state index contributed by atoms with van der Waals surface area (Å²) in [4.78, 5) is 15.8. The van der Waals surface area contributed by atoms with Crippen molar-refractivity contribution in [1.29, 1.82) is 0 Å². The van der Waals surface area contributed by atoms with E-state index in [-0.39, 0.29) is 11.3 Å². The first-order valence-corrected chi connectivity index (χ1v) is 10.2. The molecule has 2 N–H and O–H groups in total. The van der Waals surface area contributed by atoms with Crippen LogP contribution in [0.4, 0.5) is 0 Å². The minimum atomic E-state index is -0.401. The van der Waals surface area contributed by atoms with Gasteiger partial charge in [0.25, 0.3) is 5.56 Å². The normalized spacial score (nSPS) is 12.2. The summed E-state index contributed by atoms with van der Waals surface area (Å²) in [7, 11) is 3.12. The molecule has 0 fully saturated rings. The van der Waals surface area contributed by atoms with Gasteiger partial charge in [-0.3, -0.25) is 4.79 Å². The van der Waals surface area contributed by atoms with Gasteiger partial charge in [-0.25, -0.2) is 0 Å². The molecule has 0 aliphatic heterocycles. The van der Waals surface area contributed by atoms with Crippen molar-refractivity contribution < 1.29 is 14.6 Å². The third kappa shape index (κ3) is 4.90.